The molecule has 0 unspecified atom stereocenters. The number of anilines is 1. The molecule has 8 heteroatoms. The van der Waals surface area contributed by atoms with Gasteiger partial charge in [0, 0.05) is 11.2 Å². The Hall–Kier alpha value is -1.54. The van der Waals surface area contributed by atoms with Crippen molar-refractivity contribution in [1.29, 1.82) is 0 Å². The van der Waals surface area contributed by atoms with Crippen molar-refractivity contribution in [1.82, 2.24) is 0 Å². The number of carbonyl (C=O) groups excluding carboxylic acids is 1. The molecule has 0 radical (unpaired) electrons. The van der Waals surface area contributed by atoms with Gasteiger partial charge in [-0.05, 0) is 29.3 Å². The summed E-state index contributed by atoms with van der Waals surface area (Å²) >= 11 is 7.27. The van der Waals surface area contributed by atoms with Crippen LogP contribution in [0.25, 0.3) is 0 Å². The highest BCUT2D eigenvalue weighted by Crippen LogP contribution is 2.26. The molecule has 118 valence electrons. The van der Waals surface area contributed by atoms with Gasteiger partial charge in [-0.3, -0.25) is 4.79 Å². The van der Waals surface area contributed by atoms with Crippen LogP contribution >= 0.6 is 23.4 Å². The van der Waals surface area contributed by atoms with Crippen LogP contribution in [0.3, 0.4) is 0 Å². The lowest BCUT2D eigenvalue weighted by atomic mass is 9.79. The minimum Gasteiger partial charge on any atom is -0.423 e. The average molecular weight is 352 g/mol. The fourth-order valence-electron chi connectivity index (χ4n) is 2.25. The van der Waals surface area contributed by atoms with Crippen molar-refractivity contribution >= 4 is 46.9 Å². The molecule has 0 saturated heterocycles. The third kappa shape index (κ3) is 3.69. The maximum atomic E-state index is 12.8. The summed E-state index contributed by atoms with van der Waals surface area (Å²) in [4.78, 5) is 12.0. The van der Waals surface area contributed by atoms with Gasteiger partial charge in [0.2, 0.25) is 0 Å². The lowest BCUT2D eigenvalue weighted by Crippen LogP contribution is -2.29. The highest BCUT2D eigenvalue weighted by atomic mass is 35.5. The number of benzene rings is 2. The first-order chi connectivity index (χ1) is 11.0. The fourth-order valence-corrected chi connectivity index (χ4v) is 3.25. The summed E-state index contributed by atoms with van der Waals surface area (Å²) in [6.07, 6.45) is 0. The lowest BCUT2D eigenvalue weighted by molar-refractivity contribution is 0.269. The minimum absolute atomic E-state index is 0.281. The predicted molar refractivity (Wildman–Crippen MR) is 90.6 cm³/mol. The van der Waals surface area contributed by atoms with Crippen molar-refractivity contribution in [3.8, 4) is 0 Å². The number of rotatable bonds is 3. The van der Waals surface area contributed by atoms with Crippen LogP contribution in [0.4, 0.5) is 14.9 Å². The Kier molecular flexibility index (Phi) is 4.91. The van der Waals surface area contributed by atoms with Gasteiger partial charge in [-0.25, -0.2) is 4.39 Å². The van der Waals surface area contributed by atoms with Crippen molar-refractivity contribution in [2.75, 3.05) is 5.32 Å². The Morgan fingerprint density at radius 3 is 2.83 bits per heavy atom. The molecule has 0 saturated carbocycles. The molecule has 0 fully saturated rings. The van der Waals surface area contributed by atoms with E-state index in [2.05, 4.69) is 5.32 Å². The van der Waals surface area contributed by atoms with Gasteiger partial charge in [0.05, 0.1) is 17.3 Å². The topological polar surface area (TPSA) is 58.6 Å². The van der Waals surface area contributed by atoms with Gasteiger partial charge < -0.3 is 15.0 Å². The zero-order valence-electron chi connectivity index (χ0n) is 11.9. The van der Waals surface area contributed by atoms with E-state index in [0.29, 0.717) is 23.5 Å². The molecule has 23 heavy (non-hydrogen) atoms. The van der Waals surface area contributed by atoms with Crippen LogP contribution in [0.5, 0.6) is 0 Å². The number of halogens is 2. The van der Waals surface area contributed by atoms with Crippen LogP contribution in [0.1, 0.15) is 11.1 Å². The summed E-state index contributed by atoms with van der Waals surface area (Å²) in [6.45, 7) is 0.295. The van der Waals surface area contributed by atoms with Crippen LogP contribution in [0.15, 0.2) is 36.4 Å². The third-order valence-electron chi connectivity index (χ3n) is 3.43. The highest BCUT2D eigenvalue weighted by Gasteiger charge is 2.31. The quantitative estimate of drug-likeness (QED) is 0.834. The molecule has 1 aliphatic heterocycles. The van der Waals surface area contributed by atoms with E-state index < -0.39 is 7.12 Å². The number of amides is 1. The number of thioether (sulfide) groups is 1. The summed E-state index contributed by atoms with van der Waals surface area (Å²) in [5.41, 5.74) is 2.56. The summed E-state index contributed by atoms with van der Waals surface area (Å²) < 4.78 is 17.9. The molecule has 0 spiro atoms. The predicted octanol–water partition coefficient (Wildman–Crippen LogP) is 3.16. The van der Waals surface area contributed by atoms with E-state index in [1.165, 1.54) is 12.1 Å². The smallest absolute Gasteiger partial charge is 0.423 e. The minimum atomic E-state index is -1.07. The zero-order valence-corrected chi connectivity index (χ0v) is 13.5. The van der Waals surface area contributed by atoms with Crippen LogP contribution in [0.2, 0.25) is 5.02 Å². The van der Waals surface area contributed by atoms with Crippen molar-refractivity contribution in [2.24, 2.45) is 0 Å². The SMILES string of the molecule is O=C(Nc1ccc2c(c1Cl)B(O)OC2)SCc1ccc(F)cc1. The van der Waals surface area contributed by atoms with Crippen molar-refractivity contribution in [2.45, 2.75) is 12.4 Å². The summed E-state index contributed by atoms with van der Waals surface area (Å²) in [7, 11) is -1.07. The zero-order chi connectivity index (χ0) is 16.4. The molecule has 4 nitrogen and oxygen atoms in total. The second kappa shape index (κ2) is 6.92. The van der Waals surface area contributed by atoms with Crippen LogP contribution in [-0.2, 0) is 17.0 Å². The Labute approximate surface area is 142 Å². The van der Waals surface area contributed by atoms with E-state index in [4.69, 9.17) is 16.3 Å². The lowest BCUT2D eigenvalue weighted by Gasteiger charge is -2.10. The summed E-state index contributed by atoms with van der Waals surface area (Å²) in [6, 6.07) is 9.41. The van der Waals surface area contributed by atoms with Gasteiger partial charge in [0.25, 0.3) is 5.24 Å². The first-order valence-corrected chi connectivity index (χ1v) is 8.20. The Bertz CT molecular complexity index is 744. The normalized spacial score (nSPS) is 13.1. The van der Waals surface area contributed by atoms with Crippen molar-refractivity contribution in [3.63, 3.8) is 0 Å². The molecule has 2 aromatic rings. The summed E-state index contributed by atoms with van der Waals surface area (Å²) in [5, 5.41) is 12.4. The van der Waals surface area contributed by atoms with Gasteiger partial charge in [-0.15, -0.1) is 0 Å². The van der Waals surface area contributed by atoms with E-state index in [0.717, 1.165) is 22.9 Å². The maximum Gasteiger partial charge on any atom is 0.493 e. The monoisotopic (exact) mass is 351 g/mol. The molecule has 3 rings (SSSR count). The molecule has 1 heterocycles. The second-order valence-corrected chi connectivity index (χ2v) is 6.32. The largest absolute Gasteiger partial charge is 0.493 e. The molecule has 0 bridgehead atoms. The van der Waals surface area contributed by atoms with E-state index in [-0.39, 0.29) is 16.1 Å². The van der Waals surface area contributed by atoms with Gasteiger partial charge in [0.15, 0.2) is 0 Å². The van der Waals surface area contributed by atoms with E-state index in [1.54, 1.807) is 24.3 Å². The average Bonchev–Trinajstić information content (AvgIpc) is 2.91. The van der Waals surface area contributed by atoms with E-state index in [9.17, 15) is 14.2 Å². The number of hydrogen-bond donors (Lipinski definition) is 2. The van der Waals surface area contributed by atoms with Gasteiger partial charge in [-0.2, -0.15) is 0 Å². The molecule has 0 aliphatic carbocycles. The van der Waals surface area contributed by atoms with E-state index >= 15 is 0 Å². The third-order valence-corrected chi connectivity index (χ3v) is 4.68. The number of hydrogen-bond acceptors (Lipinski definition) is 4. The van der Waals surface area contributed by atoms with Crippen LogP contribution < -0.4 is 10.8 Å². The molecule has 0 atom stereocenters. The number of fused-ring (bicyclic) bond motifs is 1. The number of nitrogens with one attached hydrogen (secondary N) is 1. The molecule has 0 aromatic heterocycles. The molecule has 2 aromatic carbocycles. The van der Waals surface area contributed by atoms with E-state index in [1.807, 2.05) is 0 Å². The molecule has 1 amide bonds. The first-order valence-electron chi connectivity index (χ1n) is 6.84. The van der Waals surface area contributed by atoms with Gasteiger partial charge >= 0.3 is 7.12 Å². The van der Waals surface area contributed by atoms with Crippen LogP contribution in [-0.4, -0.2) is 17.4 Å². The Morgan fingerprint density at radius 2 is 2.09 bits per heavy atom. The number of carbonyl (C=O) groups is 1. The molecular formula is C15H12BClFNO3S. The van der Waals surface area contributed by atoms with Crippen LogP contribution in [0, 0.1) is 5.82 Å². The molecular weight excluding hydrogens is 339 g/mol. The maximum absolute atomic E-state index is 12.8. The van der Waals surface area contributed by atoms with Crippen molar-refractivity contribution < 1.29 is 18.9 Å². The molecule has 2 N–H and O–H groups in total. The second-order valence-electron chi connectivity index (χ2n) is 4.99. The Balaban J connectivity index is 1.64. The first kappa shape index (κ1) is 16.3. The van der Waals surface area contributed by atoms with Gasteiger partial charge in [0.1, 0.15) is 5.82 Å². The molecule has 1 aliphatic rings. The van der Waals surface area contributed by atoms with Gasteiger partial charge in [-0.1, -0.05) is 41.6 Å². The highest BCUT2D eigenvalue weighted by molar-refractivity contribution is 8.13. The standard InChI is InChI=1S/C15H12BClFNO3S/c17-14-12(6-3-10-7-22-16(21)13(10)14)19-15(20)23-8-9-1-4-11(18)5-2-9/h1-6,21H,7-8H2,(H,19,20). The summed E-state index contributed by atoms with van der Waals surface area (Å²) in [5.74, 6) is 0.106. The Morgan fingerprint density at radius 1 is 1.35 bits per heavy atom. The fraction of sp³-hybridized carbons (Fsp3) is 0.133. The van der Waals surface area contributed by atoms with Crippen molar-refractivity contribution in [3.05, 3.63) is 58.4 Å².